The number of nitrogens with two attached hydrogens (primary N) is 1. The maximum atomic E-state index is 5.83. The first-order valence-corrected chi connectivity index (χ1v) is 4.42. The molecule has 0 aliphatic rings. The summed E-state index contributed by atoms with van der Waals surface area (Å²) in [7, 11) is 0. The standard InChI is InChI=1S/C7H16BrN/c1-7(2,3)6(9)4-5-8/h6H,4-5,9H2,1-3H3/t6-/m0/s1. The van der Waals surface area contributed by atoms with Crippen LogP contribution in [0.5, 0.6) is 0 Å². The number of alkyl halides is 1. The first-order valence-electron chi connectivity index (χ1n) is 3.30. The predicted molar refractivity (Wildman–Crippen MR) is 45.8 cm³/mol. The Bertz CT molecular complexity index is 75.5. The van der Waals surface area contributed by atoms with Crippen LogP contribution in [0.4, 0.5) is 0 Å². The van der Waals surface area contributed by atoms with Crippen molar-refractivity contribution in [1.82, 2.24) is 0 Å². The average Bonchev–Trinajstić information content (AvgIpc) is 1.64. The molecule has 0 aliphatic carbocycles. The summed E-state index contributed by atoms with van der Waals surface area (Å²) in [4.78, 5) is 0. The third-order valence-corrected chi connectivity index (χ3v) is 1.99. The Hall–Kier alpha value is 0.440. The summed E-state index contributed by atoms with van der Waals surface area (Å²) < 4.78 is 0. The highest BCUT2D eigenvalue weighted by atomic mass is 79.9. The first-order chi connectivity index (χ1) is 3.98. The SMILES string of the molecule is CC(C)(C)[C@@H](N)CCBr. The van der Waals surface area contributed by atoms with Gasteiger partial charge >= 0.3 is 0 Å². The van der Waals surface area contributed by atoms with Gasteiger partial charge in [-0.15, -0.1) is 0 Å². The van der Waals surface area contributed by atoms with Crippen LogP contribution in [0.15, 0.2) is 0 Å². The quantitative estimate of drug-likeness (QED) is 0.669. The van der Waals surface area contributed by atoms with E-state index in [1.165, 1.54) is 0 Å². The van der Waals surface area contributed by atoms with E-state index in [9.17, 15) is 0 Å². The molecule has 0 saturated carbocycles. The van der Waals surface area contributed by atoms with Crippen LogP contribution in [0.3, 0.4) is 0 Å². The molecule has 0 rings (SSSR count). The van der Waals surface area contributed by atoms with Gasteiger partial charge in [0.15, 0.2) is 0 Å². The molecule has 2 N–H and O–H groups in total. The molecule has 0 saturated heterocycles. The minimum Gasteiger partial charge on any atom is -0.327 e. The molecule has 1 atom stereocenters. The van der Waals surface area contributed by atoms with Crippen LogP contribution in [0.1, 0.15) is 27.2 Å². The summed E-state index contributed by atoms with van der Waals surface area (Å²) >= 11 is 3.36. The summed E-state index contributed by atoms with van der Waals surface area (Å²) in [6, 6.07) is 0.317. The monoisotopic (exact) mass is 193 g/mol. The maximum Gasteiger partial charge on any atom is 0.00955 e. The Labute approximate surface area is 66.1 Å². The normalized spacial score (nSPS) is 15.7. The molecule has 56 valence electrons. The third kappa shape index (κ3) is 3.93. The zero-order valence-electron chi connectivity index (χ0n) is 6.45. The number of rotatable bonds is 2. The van der Waals surface area contributed by atoms with Crippen LogP contribution in [-0.2, 0) is 0 Å². The Morgan fingerprint density at radius 1 is 1.44 bits per heavy atom. The zero-order chi connectivity index (χ0) is 7.49. The fourth-order valence-electron chi connectivity index (χ4n) is 0.551. The Kier molecular flexibility index (Phi) is 3.74. The molecule has 0 aromatic rings. The largest absolute Gasteiger partial charge is 0.327 e. The summed E-state index contributed by atoms with van der Waals surface area (Å²) in [5.74, 6) is 0. The molecule has 0 aromatic carbocycles. The van der Waals surface area contributed by atoms with Gasteiger partial charge in [0, 0.05) is 11.4 Å². The lowest BCUT2D eigenvalue weighted by Gasteiger charge is -2.26. The second-order valence-electron chi connectivity index (χ2n) is 3.45. The molecule has 0 amide bonds. The van der Waals surface area contributed by atoms with Gasteiger partial charge in [-0.1, -0.05) is 36.7 Å². The molecular formula is C7H16BrN. The maximum absolute atomic E-state index is 5.83. The van der Waals surface area contributed by atoms with Gasteiger partial charge in [0.05, 0.1) is 0 Å². The predicted octanol–water partition coefficient (Wildman–Crippen LogP) is 2.14. The van der Waals surface area contributed by atoms with Crippen molar-refractivity contribution in [3.05, 3.63) is 0 Å². The van der Waals surface area contributed by atoms with Crippen LogP contribution >= 0.6 is 15.9 Å². The number of hydrogen-bond donors (Lipinski definition) is 1. The molecule has 0 spiro atoms. The molecule has 0 heterocycles. The minimum absolute atomic E-state index is 0.258. The lowest BCUT2D eigenvalue weighted by molar-refractivity contribution is 0.315. The van der Waals surface area contributed by atoms with Crippen LogP contribution in [0.25, 0.3) is 0 Å². The van der Waals surface area contributed by atoms with E-state index >= 15 is 0 Å². The van der Waals surface area contributed by atoms with Crippen LogP contribution in [0.2, 0.25) is 0 Å². The van der Waals surface area contributed by atoms with Crippen molar-refractivity contribution < 1.29 is 0 Å². The zero-order valence-corrected chi connectivity index (χ0v) is 8.03. The molecule has 0 radical (unpaired) electrons. The van der Waals surface area contributed by atoms with Crippen LogP contribution in [-0.4, -0.2) is 11.4 Å². The van der Waals surface area contributed by atoms with Gasteiger partial charge in [0.25, 0.3) is 0 Å². The van der Waals surface area contributed by atoms with Crippen molar-refractivity contribution >= 4 is 15.9 Å². The smallest absolute Gasteiger partial charge is 0.00955 e. The summed E-state index contributed by atoms with van der Waals surface area (Å²) in [5.41, 5.74) is 6.09. The highest BCUT2D eigenvalue weighted by Crippen LogP contribution is 2.19. The summed E-state index contributed by atoms with van der Waals surface area (Å²) in [6.07, 6.45) is 1.06. The van der Waals surface area contributed by atoms with Crippen LogP contribution < -0.4 is 5.73 Å². The van der Waals surface area contributed by atoms with Crippen molar-refractivity contribution in [3.63, 3.8) is 0 Å². The highest BCUT2D eigenvalue weighted by molar-refractivity contribution is 9.09. The average molecular weight is 194 g/mol. The van der Waals surface area contributed by atoms with E-state index in [-0.39, 0.29) is 5.41 Å². The second kappa shape index (κ2) is 3.57. The van der Waals surface area contributed by atoms with Crippen molar-refractivity contribution in [3.8, 4) is 0 Å². The van der Waals surface area contributed by atoms with Gasteiger partial charge in [0.2, 0.25) is 0 Å². The fourth-order valence-corrected chi connectivity index (χ4v) is 1.04. The molecule has 0 aliphatic heterocycles. The van der Waals surface area contributed by atoms with Gasteiger partial charge in [-0.25, -0.2) is 0 Å². The van der Waals surface area contributed by atoms with E-state index < -0.39 is 0 Å². The van der Waals surface area contributed by atoms with E-state index in [1.54, 1.807) is 0 Å². The number of hydrogen-bond acceptors (Lipinski definition) is 1. The Morgan fingerprint density at radius 3 is 2.00 bits per heavy atom. The third-order valence-electron chi connectivity index (χ3n) is 1.53. The highest BCUT2D eigenvalue weighted by Gasteiger charge is 2.18. The van der Waals surface area contributed by atoms with Crippen molar-refractivity contribution in [2.45, 2.75) is 33.2 Å². The molecular weight excluding hydrogens is 178 g/mol. The van der Waals surface area contributed by atoms with E-state index in [2.05, 4.69) is 36.7 Å². The van der Waals surface area contributed by atoms with Gasteiger partial charge in [-0.2, -0.15) is 0 Å². The Morgan fingerprint density at radius 2 is 1.89 bits per heavy atom. The molecule has 1 nitrogen and oxygen atoms in total. The molecule has 0 bridgehead atoms. The van der Waals surface area contributed by atoms with Crippen LogP contribution in [0, 0.1) is 5.41 Å². The summed E-state index contributed by atoms with van der Waals surface area (Å²) in [6.45, 7) is 6.50. The topological polar surface area (TPSA) is 26.0 Å². The molecule has 0 aromatic heterocycles. The van der Waals surface area contributed by atoms with Gasteiger partial charge in [0.1, 0.15) is 0 Å². The van der Waals surface area contributed by atoms with E-state index in [0.29, 0.717) is 6.04 Å². The molecule has 9 heavy (non-hydrogen) atoms. The van der Waals surface area contributed by atoms with E-state index in [1.807, 2.05) is 0 Å². The second-order valence-corrected chi connectivity index (χ2v) is 4.24. The first kappa shape index (κ1) is 9.44. The number of halogens is 1. The molecule has 2 heteroatoms. The van der Waals surface area contributed by atoms with E-state index in [0.717, 1.165) is 11.8 Å². The lowest BCUT2D eigenvalue weighted by atomic mass is 9.86. The van der Waals surface area contributed by atoms with Gasteiger partial charge in [-0.05, 0) is 11.8 Å². The molecule has 0 unspecified atom stereocenters. The minimum atomic E-state index is 0.258. The fraction of sp³-hybridized carbons (Fsp3) is 1.00. The molecule has 0 fully saturated rings. The van der Waals surface area contributed by atoms with Crippen molar-refractivity contribution in [2.75, 3.05) is 5.33 Å². The van der Waals surface area contributed by atoms with Gasteiger partial charge in [-0.3, -0.25) is 0 Å². The van der Waals surface area contributed by atoms with Gasteiger partial charge < -0.3 is 5.73 Å². The Balaban J connectivity index is 3.59. The van der Waals surface area contributed by atoms with E-state index in [4.69, 9.17) is 5.73 Å². The lowest BCUT2D eigenvalue weighted by Crippen LogP contribution is -2.35. The van der Waals surface area contributed by atoms with Crippen molar-refractivity contribution in [1.29, 1.82) is 0 Å². The van der Waals surface area contributed by atoms with Crippen molar-refractivity contribution in [2.24, 2.45) is 11.1 Å². The summed E-state index contributed by atoms with van der Waals surface area (Å²) in [5, 5.41) is 1.01.